The van der Waals surface area contributed by atoms with E-state index in [0.29, 0.717) is 12.8 Å². The smallest absolute Gasteiger partial charge is 0.303 e. The summed E-state index contributed by atoms with van der Waals surface area (Å²) < 4.78 is 4.57. The maximum atomic E-state index is 11.5. The van der Waals surface area contributed by atoms with Crippen molar-refractivity contribution in [3.05, 3.63) is 0 Å². The molecule has 98 valence electrons. The third-order valence-corrected chi connectivity index (χ3v) is 2.20. The lowest BCUT2D eigenvalue weighted by atomic mass is 9.97. The number of aliphatic hydroxyl groups is 1. The molecular formula is C11H18O6. The summed E-state index contributed by atoms with van der Waals surface area (Å²) in [6.07, 6.45) is 0.840. The molecule has 0 unspecified atom stereocenters. The molecule has 0 saturated carbocycles. The minimum absolute atomic E-state index is 0.000626. The van der Waals surface area contributed by atoms with Crippen molar-refractivity contribution in [3.8, 4) is 0 Å². The van der Waals surface area contributed by atoms with Gasteiger partial charge in [0.1, 0.15) is 6.61 Å². The highest BCUT2D eigenvalue weighted by molar-refractivity contribution is 5.87. The van der Waals surface area contributed by atoms with Gasteiger partial charge in [0.25, 0.3) is 0 Å². The highest BCUT2D eigenvalue weighted by Gasteiger charge is 2.30. The molecule has 0 saturated heterocycles. The molecule has 0 heterocycles. The first-order valence-electron chi connectivity index (χ1n) is 5.36. The molecule has 0 aromatic heterocycles. The number of ketones is 1. The second-order valence-corrected chi connectivity index (χ2v) is 4.08. The fourth-order valence-electron chi connectivity index (χ4n) is 1.15. The molecule has 6 nitrogen and oxygen atoms in total. The Balaban J connectivity index is 3.94. The SMILES string of the molecule is CC(=O)OC[C@@](C)(O)C(=O)CCCCC(=O)O. The predicted octanol–water partition coefficient (Wildman–Crippen LogP) is 0.515. The minimum Gasteiger partial charge on any atom is -0.481 e. The highest BCUT2D eigenvalue weighted by Crippen LogP contribution is 2.12. The zero-order valence-corrected chi connectivity index (χ0v) is 10.1. The molecule has 0 aromatic carbocycles. The number of ether oxygens (including phenoxy) is 1. The number of carbonyl (C=O) groups excluding carboxylic acids is 2. The summed E-state index contributed by atoms with van der Waals surface area (Å²) in [4.78, 5) is 32.3. The van der Waals surface area contributed by atoms with Crippen molar-refractivity contribution in [2.24, 2.45) is 0 Å². The molecule has 0 aliphatic rings. The average Bonchev–Trinajstić information content (AvgIpc) is 2.21. The van der Waals surface area contributed by atoms with Gasteiger partial charge in [-0.1, -0.05) is 0 Å². The van der Waals surface area contributed by atoms with E-state index in [0.717, 1.165) is 0 Å². The lowest BCUT2D eigenvalue weighted by Gasteiger charge is -2.20. The average molecular weight is 246 g/mol. The summed E-state index contributed by atoms with van der Waals surface area (Å²) in [6, 6.07) is 0. The van der Waals surface area contributed by atoms with Crippen molar-refractivity contribution in [2.45, 2.75) is 45.1 Å². The van der Waals surface area contributed by atoms with Crippen LogP contribution in [-0.4, -0.2) is 40.1 Å². The molecule has 0 aliphatic heterocycles. The number of esters is 1. The first kappa shape index (κ1) is 15.6. The molecule has 0 radical (unpaired) electrons. The van der Waals surface area contributed by atoms with Crippen LogP contribution in [0.5, 0.6) is 0 Å². The summed E-state index contributed by atoms with van der Waals surface area (Å²) >= 11 is 0. The fraction of sp³-hybridized carbons (Fsp3) is 0.727. The summed E-state index contributed by atoms with van der Waals surface area (Å²) in [7, 11) is 0. The Kier molecular flexibility index (Phi) is 6.42. The van der Waals surface area contributed by atoms with E-state index in [2.05, 4.69) is 4.74 Å². The van der Waals surface area contributed by atoms with Gasteiger partial charge in [0.15, 0.2) is 11.4 Å². The van der Waals surface area contributed by atoms with Crippen molar-refractivity contribution in [2.75, 3.05) is 6.61 Å². The third kappa shape index (κ3) is 7.46. The monoisotopic (exact) mass is 246 g/mol. The number of rotatable bonds is 8. The summed E-state index contributed by atoms with van der Waals surface area (Å²) in [5, 5.41) is 18.1. The lowest BCUT2D eigenvalue weighted by Crippen LogP contribution is -2.40. The van der Waals surface area contributed by atoms with E-state index in [1.165, 1.54) is 13.8 Å². The van der Waals surface area contributed by atoms with Crippen molar-refractivity contribution in [1.29, 1.82) is 0 Å². The van der Waals surface area contributed by atoms with Gasteiger partial charge in [-0.2, -0.15) is 0 Å². The van der Waals surface area contributed by atoms with Gasteiger partial charge in [-0.25, -0.2) is 0 Å². The molecule has 17 heavy (non-hydrogen) atoms. The van der Waals surface area contributed by atoms with Crippen LogP contribution in [0.2, 0.25) is 0 Å². The molecule has 6 heteroatoms. The fourth-order valence-corrected chi connectivity index (χ4v) is 1.15. The highest BCUT2D eigenvalue weighted by atomic mass is 16.5. The van der Waals surface area contributed by atoms with Crippen molar-refractivity contribution >= 4 is 17.7 Å². The minimum atomic E-state index is -1.70. The van der Waals surface area contributed by atoms with Crippen molar-refractivity contribution in [1.82, 2.24) is 0 Å². The summed E-state index contributed by atoms with van der Waals surface area (Å²) in [5.74, 6) is -1.93. The Morgan fingerprint density at radius 2 is 1.71 bits per heavy atom. The van der Waals surface area contributed by atoms with Crippen LogP contribution >= 0.6 is 0 Å². The molecule has 0 amide bonds. The van der Waals surface area contributed by atoms with Gasteiger partial charge in [-0.05, 0) is 19.8 Å². The molecule has 0 fully saturated rings. The Morgan fingerprint density at radius 1 is 1.18 bits per heavy atom. The van der Waals surface area contributed by atoms with E-state index >= 15 is 0 Å². The van der Waals surface area contributed by atoms with Crippen LogP contribution in [0.1, 0.15) is 39.5 Å². The number of hydrogen-bond acceptors (Lipinski definition) is 5. The first-order valence-corrected chi connectivity index (χ1v) is 5.36. The van der Waals surface area contributed by atoms with Gasteiger partial charge in [0.2, 0.25) is 0 Å². The van der Waals surface area contributed by atoms with Gasteiger partial charge in [0.05, 0.1) is 0 Å². The van der Waals surface area contributed by atoms with E-state index in [4.69, 9.17) is 5.11 Å². The number of carbonyl (C=O) groups is 3. The first-order chi connectivity index (χ1) is 7.75. The molecule has 0 bridgehead atoms. The van der Waals surface area contributed by atoms with E-state index < -0.39 is 23.3 Å². The van der Waals surface area contributed by atoms with Crippen LogP contribution in [-0.2, 0) is 19.1 Å². The summed E-state index contributed by atoms with van der Waals surface area (Å²) in [5.41, 5.74) is -1.70. The van der Waals surface area contributed by atoms with E-state index in [9.17, 15) is 19.5 Å². The Morgan fingerprint density at radius 3 is 2.18 bits per heavy atom. The largest absolute Gasteiger partial charge is 0.481 e. The molecule has 0 aromatic rings. The topological polar surface area (TPSA) is 101 Å². The number of hydrogen-bond donors (Lipinski definition) is 2. The lowest BCUT2D eigenvalue weighted by molar-refractivity contribution is -0.154. The van der Waals surface area contributed by atoms with Crippen LogP contribution in [0, 0.1) is 0 Å². The van der Waals surface area contributed by atoms with Crippen LogP contribution < -0.4 is 0 Å². The number of carboxylic acids is 1. The van der Waals surface area contributed by atoms with Gasteiger partial charge < -0.3 is 14.9 Å². The maximum Gasteiger partial charge on any atom is 0.303 e. The van der Waals surface area contributed by atoms with Crippen molar-refractivity contribution in [3.63, 3.8) is 0 Å². The number of aliphatic carboxylic acids is 1. The van der Waals surface area contributed by atoms with Gasteiger partial charge in [-0.3, -0.25) is 14.4 Å². The third-order valence-electron chi connectivity index (χ3n) is 2.20. The Labute approximate surface area is 99.6 Å². The van der Waals surface area contributed by atoms with Gasteiger partial charge in [-0.15, -0.1) is 0 Å². The maximum absolute atomic E-state index is 11.5. The molecule has 1 atom stereocenters. The number of carboxylic acid groups (broad SMARTS) is 1. The molecule has 0 rings (SSSR count). The van der Waals surface area contributed by atoms with Crippen LogP contribution in [0.3, 0.4) is 0 Å². The van der Waals surface area contributed by atoms with E-state index in [1.54, 1.807) is 0 Å². The second-order valence-electron chi connectivity index (χ2n) is 4.08. The quantitative estimate of drug-likeness (QED) is 0.478. The zero-order chi connectivity index (χ0) is 13.5. The normalized spacial score (nSPS) is 13.8. The Hall–Kier alpha value is -1.43. The number of Topliss-reactive ketones (excluding diaryl/α,β-unsaturated/α-hetero) is 1. The van der Waals surface area contributed by atoms with Gasteiger partial charge >= 0.3 is 11.9 Å². The predicted molar refractivity (Wildman–Crippen MR) is 58.4 cm³/mol. The standard InChI is InChI=1S/C11H18O6/c1-8(12)17-7-11(2,16)9(13)5-3-4-6-10(14)15/h16H,3-7H2,1-2H3,(H,14,15)/t11-/m1/s1. The van der Waals surface area contributed by atoms with E-state index in [1.807, 2.05) is 0 Å². The van der Waals surface area contributed by atoms with Crippen LogP contribution in [0.15, 0.2) is 0 Å². The molecule has 0 aliphatic carbocycles. The summed E-state index contributed by atoms with van der Waals surface area (Å²) in [6.45, 7) is 2.09. The molecular weight excluding hydrogens is 228 g/mol. The molecule has 0 spiro atoms. The van der Waals surface area contributed by atoms with E-state index in [-0.39, 0.29) is 19.4 Å². The zero-order valence-electron chi connectivity index (χ0n) is 10.1. The van der Waals surface area contributed by atoms with Crippen LogP contribution in [0.25, 0.3) is 0 Å². The Bertz CT molecular complexity index is 294. The number of unbranched alkanes of at least 4 members (excludes halogenated alkanes) is 1. The van der Waals surface area contributed by atoms with Crippen molar-refractivity contribution < 1.29 is 29.3 Å². The second kappa shape index (κ2) is 7.01. The van der Waals surface area contributed by atoms with Crippen LogP contribution in [0.4, 0.5) is 0 Å². The molecule has 2 N–H and O–H groups in total. The van der Waals surface area contributed by atoms with Gasteiger partial charge in [0, 0.05) is 19.8 Å².